The topological polar surface area (TPSA) is 129 Å². The van der Waals surface area contributed by atoms with E-state index in [1.165, 1.54) is 26.0 Å². The van der Waals surface area contributed by atoms with Gasteiger partial charge in [0, 0.05) is 18.3 Å². The van der Waals surface area contributed by atoms with Crippen LogP contribution in [0.3, 0.4) is 0 Å². The average Bonchev–Trinajstić information content (AvgIpc) is 2.97. The van der Waals surface area contributed by atoms with Crippen molar-refractivity contribution in [3.05, 3.63) is 75.0 Å². The molecule has 0 bridgehead atoms. The lowest BCUT2D eigenvalue weighted by Crippen LogP contribution is -2.47. The molecule has 2 N–H and O–H groups in total. The van der Waals surface area contributed by atoms with E-state index in [1.54, 1.807) is 0 Å². The lowest BCUT2D eigenvalue weighted by Gasteiger charge is -2.26. The van der Waals surface area contributed by atoms with Crippen LogP contribution in [0.1, 0.15) is 31.9 Å². The first-order valence-electron chi connectivity index (χ1n) is 10.1. The molecule has 1 aliphatic rings. The van der Waals surface area contributed by atoms with Crippen LogP contribution in [0.4, 0.5) is 17.6 Å². The van der Waals surface area contributed by atoms with Crippen molar-refractivity contribution in [1.82, 2.24) is 14.3 Å². The van der Waals surface area contributed by atoms with Gasteiger partial charge >= 0.3 is 17.7 Å². The molecule has 1 unspecified atom stereocenters. The fraction of sp³-hybridized carbons (Fsp3) is 0.400. The molecule has 0 fully saturated rings. The number of aromatic nitrogens is 2. The second-order valence-corrected chi connectivity index (χ2v) is 9.32. The summed E-state index contributed by atoms with van der Waals surface area (Å²) in [4.78, 5) is 24.9. The highest BCUT2D eigenvalue weighted by Gasteiger charge is 2.68. The van der Waals surface area contributed by atoms with Gasteiger partial charge in [0.25, 0.3) is 5.56 Å². The van der Waals surface area contributed by atoms with Crippen LogP contribution in [0.5, 0.6) is 5.75 Å². The highest BCUT2D eigenvalue weighted by atomic mass is 32.2. The fourth-order valence-electron chi connectivity index (χ4n) is 3.06. The first-order valence-corrected chi connectivity index (χ1v) is 11.7. The standard InChI is InChI=1S/C20H21F4N3O7S/c1-3-17(32-11-27-8-7-16(28)25-18(27)29)35(30,31)26-12(2)13-5-4-6-14(9-13)34-19(22)15(21)10-33-20(19,23)24/h4-10,12,17,26H,3,11H2,1-2H3,(H,25,28,29)/t12-,17?,19-/m1/s1. The van der Waals surface area contributed by atoms with E-state index in [4.69, 9.17) is 4.74 Å². The molecule has 1 aromatic carbocycles. The number of nitrogens with zero attached hydrogens (tertiary/aromatic N) is 1. The zero-order valence-corrected chi connectivity index (χ0v) is 19.2. The largest absolute Gasteiger partial charge is 0.478 e. The molecule has 0 amide bonds. The van der Waals surface area contributed by atoms with Gasteiger partial charge in [-0.15, -0.1) is 0 Å². The molecule has 0 saturated carbocycles. The summed E-state index contributed by atoms with van der Waals surface area (Å²) in [6.07, 6.45) is -3.59. The number of rotatable bonds is 10. The third-order valence-corrected chi connectivity index (χ3v) is 6.77. The number of H-pyrrole nitrogens is 1. The summed E-state index contributed by atoms with van der Waals surface area (Å²) in [5.41, 5.74) is -2.66. The maximum absolute atomic E-state index is 14.5. The van der Waals surface area contributed by atoms with Crippen molar-refractivity contribution in [2.75, 3.05) is 0 Å². The minimum atomic E-state index is -4.61. The Labute approximate surface area is 196 Å². The summed E-state index contributed by atoms with van der Waals surface area (Å²) in [6, 6.07) is 4.89. The second-order valence-electron chi connectivity index (χ2n) is 7.47. The van der Waals surface area contributed by atoms with E-state index in [9.17, 15) is 35.6 Å². The second kappa shape index (κ2) is 9.83. The molecule has 3 atom stereocenters. The van der Waals surface area contributed by atoms with Crippen LogP contribution in [0.15, 0.2) is 58.2 Å². The zero-order chi connectivity index (χ0) is 26.0. The van der Waals surface area contributed by atoms with E-state index >= 15 is 0 Å². The van der Waals surface area contributed by atoms with Gasteiger partial charge in [-0.2, -0.15) is 13.2 Å². The van der Waals surface area contributed by atoms with Crippen LogP contribution in [0.2, 0.25) is 0 Å². The highest BCUT2D eigenvalue weighted by molar-refractivity contribution is 7.89. The molecule has 0 radical (unpaired) electrons. The molecule has 2 heterocycles. The number of aromatic amines is 1. The fourth-order valence-corrected chi connectivity index (χ4v) is 4.52. The Kier molecular flexibility index (Phi) is 7.42. The van der Waals surface area contributed by atoms with E-state index in [2.05, 4.69) is 14.2 Å². The van der Waals surface area contributed by atoms with Gasteiger partial charge in [-0.3, -0.25) is 14.3 Å². The molecule has 2 aromatic rings. The van der Waals surface area contributed by atoms with Crippen LogP contribution in [-0.4, -0.2) is 35.4 Å². The molecule has 35 heavy (non-hydrogen) atoms. The van der Waals surface area contributed by atoms with Gasteiger partial charge in [-0.05, 0) is 31.0 Å². The lowest BCUT2D eigenvalue weighted by molar-refractivity contribution is -0.312. The minimum Gasteiger partial charge on any atom is -0.444 e. The number of halogens is 4. The van der Waals surface area contributed by atoms with Crippen LogP contribution < -0.4 is 20.7 Å². The van der Waals surface area contributed by atoms with Gasteiger partial charge in [0.05, 0.1) is 0 Å². The maximum atomic E-state index is 14.5. The first kappa shape index (κ1) is 26.4. The summed E-state index contributed by atoms with van der Waals surface area (Å²) in [5, 5.41) is 0. The number of benzene rings is 1. The summed E-state index contributed by atoms with van der Waals surface area (Å²) >= 11 is 0. The number of nitrogens with one attached hydrogen (secondary N) is 2. The highest BCUT2D eigenvalue weighted by Crippen LogP contribution is 2.46. The normalized spacial score (nSPS) is 21.1. The van der Waals surface area contributed by atoms with Gasteiger partial charge in [0.2, 0.25) is 15.9 Å². The van der Waals surface area contributed by atoms with Crippen molar-refractivity contribution in [3.8, 4) is 5.75 Å². The van der Waals surface area contributed by atoms with Gasteiger partial charge in [-0.1, -0.05) is 19.1 Å². The smallest absolute Gasteiger partial charge is 0.444 e. The summed E-state index contributed by atoms with van der Waals surface area (Å²) < 4.78 is 97.8. The number of ether oxygens (including phenoxy) is 3. The summed E-state index contributed by atoms with van der Waals surface area (Å²) in [6.45, 7) is 2.46. The molecule has 3 rings (SSSR count). The quantitative estimate of drug-likeness (QED) is 0.458. The molecule has 15 heteroatoms. The lowest BCUT2D eigenvalue weighted by atomic mass is 10.1. The maximum Gasteiger partial charge on any atom is 0.478 e. The molecule has 0 saturated heterocycles. The SMILES string of the molecule is CCC(OCn1ccc(=O)[nH]c1=O)S(=O)(=O)N[C@H](C)c1cccc(O[C@]2(F)C(F)=COC2(F)F)c1. The Morgan fingerprint density at radius 2 is 1.94 bits per heavy atom. The zero-order valence-electron chi connectivity index (χ0n) is 18.3. The van der Waals surface area contributed by atoms with Crippen LogP contribution >= 0.6 is 0 Å². The summed E-state index contributed by atoms with van der Waals surface area (Å²) in [7, 11) is -4.17. The minimum absolute atomic E-state index is 0.0195. The molecule has 1 aromatic heterocycles. The van der Waals surface area contributed by atoms with Crippen LogP contribution in [-0.2, 0) is 26.2 Å². The van der Waals surface area contributed by atoms with Gasteiger partial charge in [0.15, 0.2) is 5.44 Å². The molecule has 10 nitrogen and oxygen atoms in total. The Morgan fingerprint density at radius 1 is 1.23 bits per heavy atom. The number of sulfonamides is 1. The van der Waals surface area contributed by atoms with E-state index in [0.717, 1.165) is 29.0 Å². The average molecular weight is 523 g/mol. The van der Waals surface area contributed by atoms with Crippen molar-refractivity contribution in [1.29, 1.82) is 0 Å². The predicted octanol–water partition coefficient (Wildman–Crippen LogP) is 2.41. The van der Waals surface area contributed by atoms with Crippen molar-refractivity contribution < 1.29 is 40.2 Å². The molecule has 0 spiro atoms. The summed E-state index contributed by atoms with van der Waals surface area (Å²) in [5.74, 6) is -6.66. The third-order valence-electron chi connectivity index (χ3n) is 4.93. The van der Waals surface area contributed by atoms with Crippen LogP contribution in [0, 0.1) is 0 Å². The van der Waals surface area contributed by atoms with Gasteiger partial charge in [-0.25, -0.2) is 22.3 Å². The van der Waals surface area contributed by atoms with Crippen molar-refractivity contribution in [2.24, 2.45) is 0 Å². The van der Waals surface area contributed by atoms with E-state index in [-0.39, 0.29) is 18.2 Å². The molecule has 1 aliphatic heterocycles. The molecular weight excluding hydrogens is 502 g/mol. The third kappa shape index (κ3) is 5.57. The van der Waals surface area contributed by atoms with Crippen molar-refractivity contribution in [3.63, 3.8) is 0 Å². The van der Waals surface area contributed by atoms with Crippen LogP contribution in [0.25, 0.3) is 0 Å². The first-order chi connectivity index (χ1) is 16.3. The van der Waals surface area contributed by atoms with Gasteiger partial charge < -0.3 is 14.2 Å². The molecule has 0 aliphatic carbocycles. The Hall–Kier alpha value is -3.17. The Morgan fingerprint density at radius 3 is 2.54 bits per heavy atom. The number of alkyl halides is 3. The van der Waals surface area contributed by atoms with Crippen molar-refractivity contribution in [2.45, 2.75) is 50.4 Å². The van der Waals surface area contributed by atoms with E-state index in [0.29, 0.717) is 0 Å². The van der Waals surface area contributed by atoms with E-state index in [1.807, 2.05) is 4.98 Å². The van der Waals surface area contributed by atoms with E-state index < -0.39 is 63.0 Å². The number of hydrogen-bond acceptors (Lipinski definition) is 7. The number of hydrogen-bond donors (Lipinski definition) is 2. The van der Waals surface area contributed by atoms with Crippen molar-refractivity contribution >= 4 is 10.0 Å². The monoisotopic (exact) mass is 523 g/mol. The Balaban J connectivity index is 1.72. The molecule has 192 valence electrons. The van der Waals surface area contributed by atoms with Gasteiger partial charge in [0.1, 0.15) is 18.7 Å². The Bertz CT molecular complexity index is 1330. The molecular formula is C20H21F4N3O7S. The predicted molar refractivity (Wildman–Crippen MR) is 113 cm³/mol.